The zero-order chi connectivity index (χ0) is 14.7. The SMILES string of the molecule is Cc1ccc(Cl)c(Oc2ccc(CC(C)N)c(Cl)c2)c1. The van der Waals surface area contributed by atoms with Crippen molar-refractivity contribution >= 4 is 23.2 Å². The maximum absolute atomic E-state index is 6.24. The van der Waals surface area contributed by atoms with E-state index in [1.807, 2.05) is 44.2 Å². The second-order valence-corrected chi connectivity index (χ2v) is 5.78. The average molecular weight is 310 g/mol. The molecule has 0 radical (unpaired) electrons. The lowest BCUT2D eigenvalue weighted by molar-refractivity contribution is 0.482. The van der Waals surface area contributed by atoms with Gasteiger partial charge in [-0.25, -0.2) is 0 Å². The van der Waals surface area contributed by atoms with Crippen molar-refractivity contribution in [3.8, 4) is 11.5 Å². The van der Waals surface area contributed by atoms with Crippen molar-refractivity contribution in [3.63, 3.8) is 0 Å². The Kier molecular flexibility index (Phi) is 4.92. The van der Waals surface area contributed by atoms with Gasteiger partial charge in [0, 0.05) is 11.1 Å². The lowest BCUT2D eigenvalue weighted by Crippen LogP contribution is -2.17. The molecule has 1 atom stereocenters. The molecule has 2 aromatic carbocycles. The van der Waals surface area contributed by atoms with Crippen LogP contribution in [-0.4, -0.2) is 6.04 Å². The topological polar surface area (TPSA) is 35.2 Å². The van der Waals surface area contributed by atoms with E-state index >= 15 is 0 Å². The fraction of sp³-hybridized carbons (Fsp3) is 0.250. The summed E-state index contributed by atoms with van der Waals surface area (Å²) in [5.74, 6) is 1.29. The van der Waals surface area contributed by atoms with Crippen LogP contribution in [0, 0.1) is 6.92 Å². The molecule has 0 aromatic heterocycles. The summed E-state index contributed by atoms with van der Waals surface area (Å²) in [6.07, 6.45) is 0.740. The van der Waals surface area contributed by atoms with Gasteiger partial charge in [0.2, 0.25) is 0 Å². The van der Waals surface area contributed by atoms with Crippen LogP contribution in [0.25, 0.3) is 0 Å². The van der Waals surface area contributed by atoms with E-state index in [0.717, 1.165) is 17.5 Å². The fourth-order valence-electron chi connectivity index (χ4n) is 1.92. The third-order valence-corrected chi connectivity index (χ3v) is 3.55. The molecule has 0 amide bonds. The van der Waals surface area contributed by atoms with Gasteiger partial charge >= 0.3 is 0 Å². The van der Waals surface area contributed by atoms with Gasteiger partial charge in [0.15, 0.2) is 0 Å². The normalized spacial score (nSPS) is 12.2. The van der Waals surface area contributed by atoms with E-state index in [9.17, 15) is 0 Å². The van der Waals surface area contributed by atoms with E-state index in [4.69, 9.17) is 33.7 Å². The molecule has 20 heavy (non-hydrogen) atoms. The summed E-state index contributed by atoms with van der Waals surface area (Å²) in [7, 11) is 0. The Morgan fingerprint density at radius 2 is 1.85 bits per heavy atom. The van der Waals surface area contributed by atoms with Crippen molar-refractivity contribution in [2.24, 2.45) is 5.73 Å². The predicted octanol–water partition coefficient (Wildman–Crippen LogP) is 4.98. The van der Waals surface area contributed by atoms with Crippen molar-refractivity contribution in [2.75, 3.05) is 0 Å². The van der Waals surface area contributed by atoms with Gasteiger partial charge in [0.25, 0.3) is 0 Å². The standard InChI is InChI=1S/C16H17Cl2NO/c1-10-3-6-14(17)16(7-10)20-13-5-4-12(8-11(2)19)15(18)9-13/h3-7,9,11H,8,19H2,1-2H3. The Morgan fingerprint density at radius 1 is 1.10 bits per heavy atom. The van der Waals surface area contributed by atoms with E-state index in [-0.39, 0.29) is 6.04 Å². The first kappa shape index (κ1) is 15.2. The largest absolute Gasteiger partial charge is 0.456 e. The Bertz CT molecular complexity index is 611. The minimum Gasteiger partial charge on any atom is -0.456 e. The van der Waals surface area contributed by atoms with Crippen molar-refractivity contribution in [2.45, 2.75) is 26.3 Å². The molecule has 0 saturated heterocycles. The monoisotopic (exact) mass is 309 g/mol. The maximum Gasteiger partial charge on any atom is 0.146 e. The molecule has 2 rings (SSSR count). The van der Waals surface area contributed by atoms with Gasteiger partial charge in [-0.2, -0.15) is 0 Å². The van der Waals surface area contributed by atoms with Gasteiger partial charge in [-0.05, 0) is 55.7 Å². The molecule has 0 spiro atoms. The molecule has 0 heterocycles. The smallest absolute Gasteiger partial charge is 0.146 e. The average Bonchev–Trinajstić information content (AvgIpc) is 2.37. The number of rotatable bonds is 4. The molecule has 106 valence electrons. The van der Waals surface area contributed by atoms with Crippen LogP contribution in [-0.2, 0) is 6.42 Å². The predicted molar refractivity (Wildman–Crippen MR) is 85.1 cm³/mol. The Balaban J connectivity index is 2.22. The Hall–Kier alpha value is -1.22. The summed E-state index contributed by atoms with van der Waals surface area (Å²) in [6, 6.07) is 11.3. The molecular formula is C16H17Cl2NO. The van der Waals surface area contributed by atoms with Crippen LogP contribution < -0.4 is 10.5 Å². The summed E-state index contributed by atoms with van der Waals surface area (Å²) in [5, 5.41) is 1.23. The van der Waals surface area contributed by atoms with E-state index < -0.39 is 0 Å². The molecule has 0 bridgehead atoms. The Morgan fingerprint density at radius 3 is 2.50 bits per heavy atom. The highest BCUT2D eigenvalue weighted by atomic mass is 35.5. The fourth-order valence-corrected chi connectivity index (χ4v) is 2.32. The first-order valence-electron chi connectivity index (χ1n) is 6.43. The molecule has 2 aromatic rings. The molecule has 4 heteroatoms. The van der Waals surface area contributed by atoms with Gasteiger partial charge in [0.1, 0.15) is 11.5 Å². The van der Waals surface area contributed by atoms with Crippen molar-refractivity contribution in [3.05, 3.63) is 57.6 Å². The number of ether oxygens (including phenoxy) is 1. The third-order valence-electron chi connectivity index (χ3n) is 2.88. The Labute approximate surface area is 129 Å². The zero-order valence-electron chi connectivity index (χ0n) is 11.5. The van der Waals surface area contributed by atoms with Crippen LogP contribution in [0.4, 0.5) is 0 Å². The molecular weight excluding hydrogens is 293 g/mol. The first-order chi connectivity index (χ1) is 9.45. The molecule has 1 unspecified atom stereocenters. The van der Waals surface area contributed by atoms with Gasteiger partial charge in [-0.1, -0.05) is 35.3 Å². The minimum absolute atomic E-state index is 0.0745. The van der Waals surface area contributed by atoms with Crippen LogP contribution in [0.2, 0.25) is 10.0 Å². The van der Waals surface area contributed by atoms with E-state index in [2.05, 4.69) is 0 Å². The molecule has 0 fully saturated rings. The summed E-state index contributed by atoms with van der Waals surface area (Å²) in [6.45, 7) is 3.94. The molecule has 2 N–H and O–H groups in total. The zero-order valence-corrected chi connectivity index (χ0v) is 13.0. The highest BCUT2D eigenvalue weighted by Gasteiger charge is 2.08. The molecule has 0 aliphatic carbocycles. The third kappa shape index (κ3) is 3.89. The quantitative estimate of drug-likeness (QED) is 0.864. The maximum atomic E-state index is 6.24. The molecule has 0 saturated carbocycles. The lowest BCUT2D eigenvalue weighted by atomic mass is 10.1. The number of halogens is 2. The number of benzene rings is 2. The highest BCUT2D eigenvalue weighted by molar-refractivity contribution is 6.32. The second-order valence-electron chi connectivity index (χ2n) is 4.97. The molecule has 0 aliphatic heterocycles. The molecule has 0 aliphatic rings. The van der Waals surface area contributed by atoms with Crippen LogP contribution in [0.1, 0.15) is 18.1 Å². The summed E-state index contributed by atoms with van der Waals surface area (Å²) in [5.41, 5.74) is 7.89. The summed E-state index contributed by atoms with van der Waals surface area (Å²) in [4.78, 5) is 0. The molecule has 2 nitrogen and oxygen atoms in total. The van der Waals surface area contributed by atoms with Crippen LogP contribution in [0.5, 0.6) is 11.5 Å². The van der Waals surface area contributed by atoms with Gasteiger partial charge in [-0.15, -0.1) is 0 Å². The summed E-state index contributed by atoms with van der Waals surface area (Å²) >= 11 is 12.4. The van der Waals surface area contributed by atoms with E-state index in [1.165, 1.54) is 0 Å². The number of hydrogen-bond donors (Lipinski definition) is 1. The highest BCUT2D eigenvalue weighted by Crippen LogP contribution is 2.32. The van der Waals surface area contributed by atoms with Crippen molar-refractivity contribution in [1.82, 2.24) is 0 Å². The van der Waals surface area contributed by atoms with Crippen LogP contribution in [0.3, 0.4) is 0 Å². The number of hydrogen-bond acceptors (Lipinski definition) is 2. The number of aryl methyl sites for hydroxylation is 1. The lowest BCUT2D eigenvalue weighted by Gasteiger charge is -2.11. The van der Waals surface area contributed by atoms with Crippen molar-refractivity contribution < 1.29 is 4.74 Å². The van der Waals surface area contributed by atoms with Gasteiger partial charge in [-0.3, -0.25) is 0 Å². The van der Waals surface area contributed by atoms with E-state index in [1.54, 1.807) is 6.07 Å². The first-order valence-corrected chi connectivity index (χ1v) is 7.19. The van der Waals surface area contributed by atoms with Crippen molar-refractivity contribution in [1.29, 1.82) is 0 Å². The number of nitrogens with two attached hydrogens (primary N) is 1. The van der Waals surface area contributed by atoms with Crippen LogP contribution >= 0.6 is 23.2 Å². The van der Waals surface area contributed by atoms with E-state index in [0.29, 0.717) is 21.5 Å². The minimum atomic E-state index is 0.0745. The second kappa shape index (κ2) is 6.49. The van der Waals surface area contributed by atoms with Gasteiger partial charge < -0.3 is 10.5 Å². The summed E-state index contributed by atoms with van der Waals surface area (Å²) < 4.78 is 5.78. The van der Waals surface area contributed by atoms with Crippen LogP contribution in [0.15, 0.2) is 36.4 Å². The van der Waals surface area contributed by atoms with Gasteiger partial charge in [0.05, 0.1) is 5.02 Å².